The minimum Gasteiger partial charge on any atom is -0.273 e. The van der Waals surface area contributed by atoms with Gasteiger partial charge in [-0.25, -0.2) is 0 Å². The van der Waals surface area contributed by atoms with Crippen LogP contribution in [0.1, 0.15) is 52.7 Å². The number of fused-ring (bicyclic) bond motifs is 1. The van der Waals surface area contributed by atoms with Crippen LogP contribution in [0.5, 0.6) is 0 Å². The Morgan fingerprint density at radius 3 is 2.70 bits per heavy atom. The van der Waals surface area contributed by atoms with Crippen LogP contribution in [0, 0.1) is 11.8 Å². The van der Waals surface area contributed by atoms with Crippen molar-refractivity contribution in [3.8, 4) is 0 Å². The Morgan fingerprint density at radius 1 is 1.20 bits per heavy atom. The molecule has 0 radical (unpaired) electrons. The molecular formula is C15H20N2O2S. The lowest BCUT2D eigenvalue weighted by Gasteiger charge is -2.05. The first-order valence-corrected chi connectivity index (χ1v) is 8.18. The summed E-state index contributed by atoms with van der Waals surface area (Å²) in [7, 11) is 0. The van der Waals surface area contributed by atoms with Crippen molar-refractivity contribution >= 4 is 23.2 Å². The zero-order chi connectivity index (χ0) is 14.1. The summed E-state index contributed by atoms with van der Waals surface area (Å²) in [6.45, 7) is 2.04. The Morgan fingerprint density at radius 2 is 1.95 bits per heavy atom. The summed E-state index contributed by atoms with van der Waals surface area (Å²) >= 11 is 1.57. The molecule has 1 fully saturated rings. The molecule has 2 unspecified atom stereocenters. The van der Waals surface area contributed by atoms with E-state index in [1.807, 2.05) is 13.0 Å². The molecule has 2 aliphatic rings. The van der Waals surface area contributed by atoms with Crippen LogP contribution in [0.4, 0.5) is 0 Å². The lowest BCUT2D eigenvalue weighted by molar-refractivity contribution is -0.123. The lowest BCUT2D eigenvalue weighted by Crippen LogP contribution is -2.42. The SMILES string of the molecule is CC1CC1C(=O)NNC(=O)c1cc2c(s1)CCCCC2. The van der Waals surface area contributed by atoms with Crippen molar-refractivity contribution in [2.24, 2.45) is 11.8 Å². The van der Waals surface area contributed by atoms with Crippen molar-refractivity contribution in [1.29, 1.82) is 0 Å². The fourth-order valence-corrected chi connectivity index (χ4v) is 3.89. The van der Waals surface area contributed by atoms with E-state index in [-0.39, 0.29) is 17.7 Å². The standard InChI is InChI=1S/C15H20N2O2S/c1-9-7-11(9)14(18)16-17-15(19)13-8-10-5-3-2-4-6-12(10)20-13/h8-9,11H,2-7H2,1H3,(H,16,18)(H,17,19). The summed E-state index contributed by atoms with van der Waals surface area (Å²) in [5, 5.41) is 0. The van der Waals surface area contributed by atoms with Gasteiger partial charge in [-0.3, -0.25) is 20.4 Å². The molecule has 108 valence electrons. The van der Waals surface area contributed by atoms with E-state index in [2.05, 4.69) is 10.9 Å². The Kier molecular flexibility index (Phi) is 3.78. The average molecular weight is 292 g/mol. The quantitative estimate of drug-likeness (QED) is 0.650. The van der Waals surface area contributed by atoms with Crippen LogP contribution in [0.15, 0.2) is 6.07 Å². The average Bonchev–Trinajstić information content (AvgIpc) is 3.10. The number of hydrogen-bond donors (Lipinski definition) is 2. The van der Waals surface area contributed by atoms with Crippen molar-refractivity contribution < 1.29 is 9.59 Å². The molecular weight excluding hydrogens is 272 g/mol. The van der Waals surface area contributed by atoms with E-state index in [4.69, 9.17) is 0 Å². The van der Waals surface area contributed by atoms with Crippen LogP contribution in [0.25, 0.3) is 0 Å². The molecule has 2 N–H and O–H groups in total. The van der Waals surface area contributed by atoms with Gasteiger partial charge in [0.2, 0.25) is 5.91 Å². The molecule has 1 aromatic rings. The van der Waals surface area contributed by atoms with Crippen LogP contribution in [0.2, 0.25) is 0 Å². The summed E-state index contributed by atoms with van der Waals surface area (Å²) < 4.78 is 0. The molecule has 1 heterocycles. The van der Waals surface area contributed by atoms with Crippen molar-refractivity contribution in [2.75, 3.05) is 0 Å². The molecule has 0 saturated heterocycles. The van der Waals surface area contributed by atoms with Gasteiger partial charge < -0.3 is 0 Å². The zero-order valence-electron chi connectivity index (χ0n) is 11.7. The highest BCUT2D eigenvalue weighted by molar-refractivity contribution is 7.14. The number of hydrazine groups is 1. The Labute approximate surface area is 122 Å². The predicted octanol–water partition coefficient (Wildman–Crippen LogP) is 2.43. The molecule has 1 saturated carbocycles. The molecule has 0 aromatic carbocycles. The topological polar surface area (TPSA) is 58.2 Å². The molecule has 2 aliphatic carbocycles. The number of nitrogens with one attached hydrogen (secondary N) is 2. The molecule has 2 atom stereocenters. The normalized spacial score (nSPS) is 24.4. The molecule has 4 nitrogen and oxygen atoms in total. The van der Waals surface area contributed by atoms with Crippen LogP contribution in [0.3, 0.4) is 0 Å². The molecule has 1 aromatic heterocycles. The number of thiophene rings is 1. The van der Waals surface area contributed by atoms with Gasteiger partial charge in [0, 0.05) is 10.8 Å². The van der Waals surface area contributed by atoms with Gasteiger partial charge in [-0.05, 0) is 49.7 Å². The third-order valence-electron chi connectivity index (χ3n) is 4.22. The Balaban J connectivity index is 1.58. The van der Waals surface area contributed by atoms with E-state index < -0.39 is 0 Å². The van der Waals surface area contributed by atoms with Crippen molar-refractivity contribution in [3.05, 3.63) is 21.4 Å². The highest BCUT2D eigenvalue weighted by atomic mass is 32.1. The van der Waals surface area contributed by atoms with Crippen molar-refractivity contribution in [3.63, 3.8) is 0 Å². The summed E-state index contributed by atoms with van der Waals surface area (Å²) in [6, 6.07) is 1.99. The van der Waals surface area contributed by atoms with Crippen molar-refractivity contribution in [1.82, 2.24) is 10.9 Å². The van der Waals surface area contributed by atoms with E-state index in [1.165, 1.54) is 29.7 Å². The largest absolute Gasteiger partial charge is 0.279 e. The zero-order valence-corrected chi connectivity index (χ0v) is 12.5. The molecule has 2 amide bonds. The minimum atomic E-state index is -0.190. The second-order valence-corrected chi connectivity index (χ2v) is 7.02. The van der Waals surface area contributed by atoms with E-state index in [9.17, 15) is 9.59 Å². The van der Waals surface area contributed by atoms with Crippen LogP contribution in [-0.2, 0) is 17.6 Å². The minimum absolute atomic E-state index is 0.0658. The highest BCUT2D eigenvalue weighted by Crippen LogP contribution is 2.37. The Bertz CT molecular complexity index is 514. The number of amides is 2. The van der Waals surface area contributed by atoms with Gasteiger partial charge >= 0.3 is 0 Å². The van der Waals surface area contributed by atoms with Crippen LogP contribution < -0.4 is 10.9 Å². The predicted molar refractivity (Wildman–Crippen MR) is 78.5 cm³/mol. The number of carbonyl (C=O) groups is 2. The van der Waals surface area contributed by atoms with Gasteiger partial charge in [-0.1, -0.05) is 13.3 Å². The van der Waals surface area contributed by atoms with Gasteiger partial charge in [-0.15, -0.1) is 11.3 Å². The van der Waals surface area contributed by atoms with E-state index >= 15 is 0 Å². The third kappa shape index (κ3) is 2.87. The molecule has 0 bridgehead atoms. The highest BCUT2D eigenvalue weighted by Gasteiger charge is 2.39. The van der Waals surface area contributed by atoms with Gasteiger partial charge in [0.25, 0.3) is 5.91 Å². The van der Waals surface area contributed by atoms with E-state index in [0.29, 0.717) is 10.8 Å². The first kappa shape index (κ1) is 13.6. The summed E-state index contributed by atoms with van der Waals surface area (Å²) in [4.78, 5) is 25.8. The molecule has 5 heteroatoms. The van der Waals surface area contributed by atoms with E-state index in [0.717, 1.165) is 19.3 Å². The molecule has 20 heavy (non-hydrogen) atoms. The first-order valence-electron chi connectivity index (χ1n) is 7.37. The maximum atomic E-state index is 12.1. The van der Waals surface area contributed by atoms with Crippen molar-refractivity contribution in [2.45, 2.75) is 45.4 Å². The number of hydrogen-bond acceptors (Lipinski definition) is 3. The lowest BCUT2D eigenvalue weighted by atomic mass is 10.1. The summed E-state index contributed by atoms with van der Waals surface area (Å²) in [5.74, 6) is 0.272. The summed E-state index contributed by atoms with van der Waals surface area (Å²) in [6.07, 6.45) is 6.78. The fourth-order valence-electron chi connectivity index (χ4n) is 2.74. The number of carbonyl (C=O) groups excluding carboxylic acids is 2. The first-order chi connectivity index (χ1) is 9.65. The van der Waals surface area contributed by atoms with Crippen LogP contribution >= 0.6 is 11.3 Å². The second-order valence-electron chi connectivity index (χ2n) is 5.88. The summed E-state index contributed by atoms with van der Waals surface area (Å²) in [5.41, 5.74) is 6.39. The number of rotatable bonds is 2. The smallest absolute Gasteiger partial charge is 0.273 e. The van der Waals surface area contributed by atoms with Gasteiger partial charge in [-0.2, -0.15) is 0 Å². The maximum absolute atomic E-state index is 12.1. The monoisotopic (exact) mass is 292 g/mol. The Hall–Kier alpha value is -1.36. The van der Waals surface area contributed by atoms with E-state index in [1.54, 1.807) is 11.3 Å². The fraction of sp³-hybridized carbons (Fsp3) is 0.600. The van der Waals surface area contributed by atoms with Gasteiger partial charge in [0.05, 0.1) is 4.88 Å². The molecule has 0 aliphatic heterocycles. The molecule has 0 spiro atoms. The third-order valence-corrected chi connectivity index (χ3v) is 5.45. The number of aryl methyl sites for hydroxylation is 2. The maximum Gasteiger partial charge on any atom is 0.279 e. The molecule has 3 rings (SSSR count). The van der Waals surface area contributed by atoms with Crippen LogP contribution in [-0.4, -0.2) is 11.8 Å². The second kappa shape index (κ2) is 5.56. The van der Waals surface area contributed by atoms with Gasteiger partial charge in [0.15, 0.2) is 0 Å². The van der Waals surface area contributed by atoms with Gasteiger partial charge in [0.1, 0.15) is 0 Å².